The Kier molecular flexibility index (Phi) is 4.64. The molecule has 1 aromatic heterocycles. The lowest BCUT2D eigenvalue weighted by Crippen LogP contribution is -2.06. The van der Waals surface area contributed by atoms with Gasteiger partial charge in [-0.2, -0.15) is 0 Å². The van der Waals surface area contributed by atoms with Crippen LogP contribution in [0.5, 0.6) is 0 Å². The van der Waals surface area contributed by atoms with Crippen LogP contribution < -0.4 is 5.32 Å². The molecule has 0 radical (unpaired) electrons. The van der Waals surface area contributed by atoms with E-state index in [2.05, 4.69) is 27.4 Å². The van der Waals surface area contributed by atoms with Crippen molar-refractivity contribution < 1.29 is 0 Å². The molecule has 3 nitrogen and oxygen atoms in total. The third-order valence-electron chi connectivity index (χ3n) is 2.06. The maximum Gasteiger partial charge on any atom is 0.171 e. The highest BCUT2D eigenvalue weighted by atomic mass is 35.5. The van der Waals surface area contributed by atoms with Crippen molar-refractivity contribution in [2.45, 2.75) is 4.90 Å². The Morgan fingerprint density at radius 1 is 1.12 bits per heavy atom. The van der Waals surface area contributed by atoms with Crippen molar-refractivity contribution in [3.63, 3.8) is 0 Å². The third kappa shape index (κ3) is 3.91. The highest BCUT2D eigenvalue weighted by Crippen LogP contribution is 2.18. The van der Waals surface area contributed by atoms with Gasteiger partial charge in [0.15, 0.2) is 11.0 Å². The molecule has 0 atom stereocenters. The smallest absolute Gasteiger partial charge is 0.171 e. The SMILES string of the molecule is Clc1nccnc1NCCSc1ccccc1. The van der Waals surface area contributed by atoms with Gasteiger partial charge in [-0.25, -0.2) is 9.97 Å². The van der Waals surface area contributed by atoms with E-state index in [4.69, 9.17) is 11.6 Å². The minimum absolute atomic E-state index is 0.414. The number of benzene rings is 1. The van der Waals surface area contributed by atoms with Crippen molar-refractivity contribution in [2.24, 2.45) is 0 Å². The van der Waals surface area contributed by atoms with Gasteiger partial charge in [0.1, 0.15) is 0 Å². The molecule has 1 heterocycles. The lowest BCUT2D eigenvalue weighted by atomic mass is 10.4. The zero-order chi connectivity index (χ0) is 11.9. The first-order chi connectivity index (χ1) is 8.36. The van der Waals surface area contributed by atoms with Crippen LogP contribution in [0.3, 0.4) is 0 Å². The van der Waals surface area contributed by atoms with Crippen LogP contribution in [0.25, 0.3) is 0 Å². The standard InChI is InChI=1S/C12H12ClN3S/c13-11-12(15-7-6-14-11)16-8-9-17-10-4-2-1-3-5-10/h1-7H,8-9H2,(H,15,16). The molecule has 0 saturated heterocycles. The molecule has 0 unspecified atom stereocenters. The van der Waals surface area contributed by atoms with Crippen LogP contribution in [0.1, 0.15) is 0 Å². The van der Waals surface area contributed by atoms with Gasteiger partial charge < -0.3 is 5.32 Å². The first kappa shape index (κ1) is 12.2. The third-order valence-corrected chi connectivity index (χ3v) is 3.35. The molecular formula is C12H12ClN3S. The molecular weight excluding hydrogens is 254 g/mol. The molecule has 1 aromatic carbocycles. The van der Waals surface area contributed by atoms with Gasteiger partial charge in [-0.1, -0.05) is 29.8 Å². The molecule has 0 aliphatic heterocycles. The molecule has 88 valence electrons. The first-order valence-corrected chi connectivity index (χ1v) is 6.61. The van der Waals surface area contributed by atoms with Crippen molar-refractivity contribution in [1.29, 1.82) is 0 Å². The highest BCUT2D eigenvalue weighted by Gasteiger charge is 2.00. The molecule has 5 heteroatoms. The molecule has 0 fully saturated rings. The lowest BCUT2D eigenvalue weighted by Gasteiger charge is -2.05. The second-order valence-electron chi connectivity index (χ2n) is 3.28. The molecule has 0 bridgehead atoms. The molecule has 0 saturated carbocycles. The average molecular weight is 266 g/mol. The van der Waals surface area contributed by atoms with E-state index < -0.39 is 0 Å². The van der Waals surface area contributed by atoms with Gasteiger partial charge in [-0.15, -0.1) is 11.8 Å². The van der Waals surface area contributed by atoms with Gasteiger partial charge in [0.05, 0.1) is 0 Å². The largest absolute Gasteiger partial charge is 0.367 e. The van der Waals surface area contributed by atoms with Gasteiger partial charge in [0.25, 0.3) is 0 Å². The Labute approximate surface area is 110 Å². The zero-order valence-corrected chi connectivity index (χ0v) is 10.7. The second-order valence-corrected chi connectivity index (χ2v) is 4.81. The molecule has 17 heavy (non-hydrogen) atoms. The number of nitrogens with one attached hydrogen (secondary N) is 1. The fraction of sp³-hybridized carbons (Fsp3) is 0.167. The van der Waals surface area contributed by atoms with Crippen molar-refractivity contribution in [3.8, 4) is 0 Å². The van der Waals surface area contributed by atoms with Crippen molar-refractivity contribution >= 4 is 29.2 Å². The summed E-state index contributed by atoms with van der Waals surface area (Å²) in [6.45, 7) is 0.804. The van der Waals surface area contributed by atoms with Crippen LogP contribution in [0, 0.1) is 0 Å². The number of hydrogen-bond acceptors (Lipinski definition) is 4. The zero-order valence-electron chi connectivity index (χ0n) is 9.14. The summed E-state index contributed by atoms with van der Waals surface area (Å²) < 4.78 is 0. The number of rotatable bonds is 5. The Balaban J connectivity index is 1.76. The number of hydrogen-bond donors (Lipinski definition) is 1. The van der Waals surface area contributed by atoms with E-state index in [0.717, 1.165) is 12.3 Å². The minimum atomic E-state index is 0.414. The number of thioether (sulfide) groups is 1. The fourth-order valence-corrected chi connectivity index (χ4v) is 2.26. The summed E-state index contributed by atoms with van der Waals surface area (Å²) in [7, 11) is 0. The molecule has 1 N–H and O–H groups in total. The summed E-state index contributed by atoms with van der Waals surface area (Å²) in [5.41, 5.74) is 0. The van der Waals surface area contributed by atoms with Crippen LogP contribution in [-0.2, 0) is 0 Å². The second kappa shape index (κ2) is 6.47. The topological polar surface area (TPSA) is 37.8 Å². The van der Waals surface area contributed by atoms with E-state index in [1.54, 1.807) is 24.2 Å². The number of anilines is 1. The van der Waals surface area contributed by atoms with Gasteiger partial charge in [0, 0.05) is 29.6 Å². The van der Waals surface area contributed by atoms with Crippen LogP contribution in [0.15, 0.2) is 47.6 Å². The summed E-state index contributed by atoms with van der Waals surface area (Å²) in [5.74, 6) is 1.60. The van der Waals surface area contributed by atoms with Gasteiger partial charge >= 0.3 is 0 Å². The summed E-state index contributed by atoms with van der Waals surface area (Å²) in [6, 6.07) is 10.3. The predicted octanol–water partition coefficient (Wildman–Crippen LogP) is 3.33. The Bertz CT molecular complexity index is 464. The molecule has 0 aliphatic carbocycles. The summed E-state index contributed by atoms with van der Waals surface area (Å²) >= 11 is 7.67. The minimum Gasteiger partial charge on any atom is -0.367 e. The maximum atomic E-state index is 5.88. The average Bonchev–Trinajstić information content (AvgIpc) is 2.38. The normalized spacial score (nSPS) is 10.2. The van der Waals surface area contributed by atoms with E-state index >= 15 is 0 Å². The Morgan fingerprint density at radius 3 is 2.65 bits per heavy atom. The Morgan fingerprint density at radius 2 is 1.88 bits per heavy atom. The Hall–Kier alpha value is -1.26. The summed E-state index contributed by atoms with van der Waals surface area (Å²) in [4.78, 5) is 9.32. The quantitative estimate of drug-likeness (QED) is 0.665. The highest BCUT2D eigenvalue weighted by molar-refractivity contribution is 7.99. The van der Waals surface area contributed by atoms with E-state index in [1.807, 2.05) is 18.2 Å². The fourth-order valence-electron chi connectivity index (χ4n) is 1.29. The van der Waals surface area contributed by atoms with Crippen LogP contribution in [0.2, 0.25) is 5.15 Å². The van der Waals surface area contributed by atoms with E-state index in [-0.39, 0.29) is 0 Å². The van der Waals surface area contributed by atoms with Crippen LogP contribution in [0.4, 0.5) is 5.82 Å². The van der Waals surface area contributed by atoms with Gasteiger partial charge in [-0.3, -0.25) is 0 Å². The first-order valence-electron chi connectivity index (χ1n) is 5.24. The monoisotopic (exact) mass is 265 g/mol. The molecule has 2 aromatic rings. The van der Waals surface area contributed by atoms with E-state index in [1.165, 1.54) is 4.90 Å². The molecule has 0 spiro atoms. The summed E-state index contributed by atoms with van der Waals surface area (Å²) in [5, 5.41) is 3.57. The van der Waals surface area contributed by atoms with Crippen molar-refractivity contribution in [3.05, 3.63) is 47.9 Å². The number of nitrogens with zero attached hydrogens (tertiary/aromatic N) is 2. The lowest BCUT2D eigenvalue weighted by molar-refractivity contribution is 1.13. The van der Waals surface area contributed by atoms with Crippen molar-refractivity contribution in [2.75, 3.05) is 17.6 Å². The van der Waals surface area contributed by atoms with Crippen molar-refractivity contribution in [1.82, 2.24) is 9.97 Å². The maximum absolute atomic E-state index is 5.88. The predicted molar refractivity (Wildman–Crippen MR) is 72.7 cm³/mol. The van der Waals surface area contributed by atoms with E-state index in [0.29, 0.717) is 11.0 Å². The van der Waals surface area contributed by atoms with Crippen LogP contribution >= 0.6 is 23.4 Å². The van der Waals surface area contributed by atoms with Gasteiger partial charge in [0.2, 0.25) is 0 Å². The van der Waals surface area contributed by atoms with Gasteiger partial charge in [-0.05, 0) is 12.1 Å². The molecule has 0 aliphatic rings. The summed E-state index contributed by atoms with van der Waals surface area (Å²) in [6.07, 6.45) is 3.20. The van der Waals surface area contributed by atoms with E-state index in [9.17, 15) is 0 Å². The van der Waals surface area contributed by atoms with Crippen LogP contribution in [-0.4, -0.2) is 22.3 Å². The molecule has 0 amide bonds. The number of halogens is 1. The molecule has 2 rings (SSSR count). The number of aromatic nitrogens is 2.